The van der Waals surface area contributed by atoms with Crippen molar-refractivity contribution in [2.75, 3.05) is 0 Å². The molecule has 2 aromatic rings. The maximum Gasteiger partial charge on any atom is 0.378 e. The van der Waals surface area contributed by atoms with Crippen LogP contribution in [0.5, 0.6) is 0 Å². The third kappa shape index (κ3) is 3.08. The van der Waals surface area contributed by atoms with Crippen molar-refractivity contribution in [1.82, 2.24) is 4.57 Å². The molecule has 2 atom stereocenters. The molecule has 2 heterocycles. The number of benzene rings is 1. The summed E-state index contributed by atoms with van der Waals surface area (Å²) in [6.45, 7) is 12.2. The summed E-state index contributed by atoms with van der Waals surface area (Å²) in [4.78, 5) is 31.5. The number of hydrogen-bond acceptors (Lipinski definition) is 5. The summed E-state index contributed by atoms with van der Waals surface area (Å²) in [5.41, 5.74) is 2.41. The van der Waals surface area contributed by atoms with Crippen molar-refractivity contribution in [2.24, 2.45) is 21.4 Å². The third-order valence-corrected chi connectivity index (χ3v) is 9.16. The van der Waals surface area contributed by atoms with Gasteiger partial charge in [-0.1, -0.05) is 48.8 Å². The Kier molecular flexibility index (Phi) is 5.01. The Morgan fingerprint density at radius 3 is 2.35 bits per heavy atom. The molecule has 0 spiro atoms. The van der Waals surface area contributed by atoms with Crippen molar-refractivity contribution in [3.05, 3.63) is 51.8 Å². The largest absolute Gasteiger partial charge is 0.446 e. The molecule has 1 saturated heterocycles. The molecule has 0 amide bonds. The van der Waals surface area contributed by atoms with Gasteiger partial charge in [0, 0.05) is 32.5 Å². The molecule has 0 N–H and O–H groups in total. The van der Waals surface area contributed by atoms with Crippen LogP contribution in [0.1, 0.15) is 70.8 Å². The summed E-state index contributed by atoms with van der Waals surface area (Å²) in [5.74, 6) is -0.898. The van der Waals surface area contributed by atoms with Crippen molar-refractivity contribution in [2.45, 2.75) is 72.8 Å². The molecule has 1 aromatic carbocycles. The fraction of sp³-hybridized carbons (Fsp3) is 0.519. The first kappa shape index (κ1) is 23.3. The number of hydrogen-bond donors (Lipinski definition) is 0. The van der Waals surface area contributed by atoms with E-state index in [1.54, 1.807) is 0 Å². The van der Waals surface area contributed by atoms with E-state index in [4.69, 9.17) is 9.57 Å². The smallest absolute Gasteiger partial charge is 0.378 e. The number of carbonyl (C=O) groups excluding carboxylic acids is 2. The van der Waals surface area contributed by atoms with E-state index in [-0.39, 0.29) is 11.4 Å². The molecule has 1 aliphatic heterocycles. The third-order valence-electron chi connectivity index (χ3n) is 8.63. The molecular formula is C27H31BrN2O4. The lowest BCUT2D eigenvalue weighted by molar-refractivity contribution is -0.183. The molecular weight excluding hydrogens is 496 g/mol. The van der Waals surface area contributed by atoms with Gasteiger partial charge in [0.2, 0.25) is 5.60 Å². The summed E-state index contributed by atoms with van der Waals surface area (Å²) in [5, 5.41) is 4.41. The number of carbonyl (C=O) groups is 2. The van der Waals surface area contributed by atoms with E-state index in [2.05, 4.69) is 64.6 Å². The van der Waals surface area contributed by atoms with Crippen LogP contribution >= 0.6 is 15.9 Å². The first-order valence-corrected chi connectivity index (χ1v) is 12.6. The molecule has 7 heteroatoms. The highest BCUT2D eigenvalue weighted by molar-refractivity contribution is 9.10. The lowest BCUT2D eigenvalue weighted by atomic mass is 9.66. The van der Waals surface area contributed by atoms with Gasteiger partial charge >= 0.3 is 11.9 Å². The van der Waals surface area contributed by atoms with E-state index >= 15 is 0 Å². The number of aromatic nitrogens is 1. The highest BCUT2D eigenvalue weighted by Crippen LogP contribution is 2.65. The van der Waals surface area contributed by atoms with Crippen molar-refractivity contribution in [3.63, 3.8) is 0 Å². The van der Waals surface area contributed by atoms with E-state index < -0.39 is 22.4 Å². The Hall–Kier alpha value is -2.41. The number of fused-ring (bicyclic) bond motifs is 3. The van der Waals surface area contributed by atoms with Crippen LogP contribution < -0.4 is 0 Å². The van der Waals surface area contributed by atoms with Gasteiger partial charge in [0.05, 0.1) is 11.1 Å². The molecule has 2 unspecified atom stereocenters. The van der Waals surface area contributed by atoms with Crippen LogP contribution in [0, 0.1) is 23.2 Å². The minimum Gasteiger partial charge on any atom is -0.446 e. The van der Waals surface area contributed by atoms with Crippen LogP contribution in [0.2, 0.25) is 0 Å². The molecule has 3 aliphatic rings. The molecule has 34 heavy (non-hydrogen) atoms. The van der Waals surface area contributed by atoms with Crippen LogP contribution in [-0.4, -0.2) is 27.8 Å². The number of aryl methyl sites for hydroxylation is 1. The number of esters is 1. The Balaban J connectivity index is 1.51. The average Bonchev–Trinajstić information content (AvgIpc) is 3.24. The van der Waals surface area contributed by atoms with Crippen molar-refractivity contribution >= 4 is 33.6 Å². The van der Waals surface area contributed by atoms with Gasteiger partial charge in [-0.15, -0.1) is 0 Å². The van der Waals surface area contributed by atoms with Crippen molar-refractivity contribution in [3.8, 4) is 5.69 Å². The van der Waals surface area contributed by atoms with E-state index in [0.717, 1.165) is 39.2 Å². The lowest BCUT2D eigenvalue weighted by Gasteiger charge is -2.34. The minimum absolute atomic E-state index is 0.0561. The zero-order chi connectivity index (χ0) is 24.7. The summed E-state index contributed by atoms with van der Waals surface area (Å²) in [6, 6.07) is 10.4. The second-order valence-corrected chi connectivity index (χ2v) is 12.5. The van der Waals surface area contributed by atoms with Gasteiger partial charge in [-0.05, 0) is 75.3 Å². The normalized spacial score (nSPS) is 29.7. The van der Waals surface area contributed by atoms with Gasteiger partial charge in [0.15, 0.2) is 0 Å². The molecule has 1 saturated carbocycles. The second kappa shape index (κ2) is 7.30. The molecule has 2 fully saturated rings. The zero-order valence-corrected chi connectivity index (χ0v) is 22.2. The molecule has 5 rings (SSSR count). The van der Waals surface area contributed by atoms with E-state index in [1.165, 1.54) is 0 Å². The maximum atomic E-state index is 13.4. The molecule has 180 valence electrons. The highest BCUT2D eigenvalue weighted by atomic mass is 79.9. The Morgan fingerprint density at radius 2 is 1.76 bits per heavy atom. The minimum atomic E-state index is -1.28. The number of rotatable bonds is 3. The van der Waals surface area contributed by atoms with Gasteiger partial charge in [-0.25, -0.2) is 4.79 Å². The fourth-order valence-electron chi connectivity index (χ4n) is 6.08. The van der Waals surface area contributed by atoms with Gasteiger partial charge < -0.3 is 14.1 Å². The fourth-order valence-corrected chi connectivity index (χ4v) is 6.35. The van der Waals surface area contributed by atoms with E-state index in [0.29, 0.717) is 19.3 Å². The summed E-state index contributed by atoms with van der Waals surface area (Å²) >= 11 is 3.51. The molecule has 2 aliphatic carbocycles. The molecule has 2 bridgehead atoms. The topological polar surface area (TPSA) is 69.9 Å². The van der Waals surface area contributed by atoms with E-state index in [9.17, 15) is 9.59 Å². The number of halogens is 1. The van der Waals surface area contributed by atoms with Gasteiger partial charge in [0.1, 0.15) is 0 Å². The predicted octanol–water partition coefficient (Wildman–Crippen LogP) is 5.89. The number of nitrogens with zero attached hydrogens (tertiary/aromatic N) is 2. The highest BCUT2D eigenvalue weighted by Gasteiger charge is 2.76. The van der Waals surface area contributed by atoms with E-state index in [1.807, 2.05) is 32.9 Å². The first-order chi connectivity index (χ1) is 15.8. The predicted molar refractivity (Wildman–Crippen MR) is 133 cm³/mol. The van der Waals surface area contributed by atoms with Crippen molar-refractivity contribution < 1.29 is 19.2 Å². The quantitative estimate of drug-likeness (QED) is 0.284. The SMILES string of the molecule is Cc1cc2c(n1-c1ccc(Br)cc1)CC(C)(C)C/C2=N\OC(=O)C12CCC(C)(C(=O)O1)C2(C)C. The van der Waals surface area contributed by atoms with Crippen molar-refractivity contribution in [1.29, 1.82) is 0 Å². The zero-order valence-electron chi connectivity index (χ0n) is 20.6. The van der Waals surface area contributed by atoms with Crippen LogP contribution in [0.3, 0.4) is 0 Å². The van der Waals surface area contributed by atoms with Crippen LogP contribution in [-0.2, 0) is 25.6 Å². The number of ether oxygens (including phenoxy) is 1. The van der Waals surface area contributed by atoms with Crippen LogP contribution in [0.25, 0.3) is 5.69 Å². The average molecular weight is 527 g/mol. The van der Waals surface area contributed by atoms with Gasteiger partial charge in [0.25, 0.3) is 0 Å². The summed E-state index contributed by atoms with van der Waals surface area (Å²) in [7, 11) is 0. The van der Waals surface area contributed by atoms with Gasteiger partial charge in [-0.2, -0.15) is 0 Å². The summed E-state index contributed by atoms with van der Waals surface area (Å²) < 4.78 is 8.96. The molecule has 1 aromatic heterocycles. The maximum absolute atomic E-state index is 13.4. The second-order valence-electron chi connectivity index (χ2n) is 11.6. The van der Waals surface area contributed by atoms with Crippen LogP contribution in [0.4, 0.5) is 0 Å². The van der Waals surface area contributed by atoms with Gasteiger partial charge in [-0.3, -0.25) is 4.79 Å². The molecule has 6 nitrogen and oxygen atoms in total. The Bertz CT molecular complexity index is 1240. The Morgan fingerprint density at radius 1 is 1.09 bits per heavy atom. The molecule has 0 radical (unpaired) electrons. The summed E-state index contributed by atoms with van der Waals surface area (Å²) in [6.07, 6.45) is 2.63. The standard InChI is InChI=1S/C27H31BrN2O4/c1-16-13-19-20(14-24(2,3)15-21(19)30(16)18-9-7-17(28)8-10-18)29-34-23(32)27-12-11-26(6,22(31)33-27)25(27,4)5/h7-10,13H,11-12,14-15H2,1-6H3/b29-20+. The van der Waals surface area contributed by atoms with Crippen LogP contribution in [0.15, 0.2) is 40.0 Å². The lowest BCUT2D eigenvalue weighted by Crippen LogP contribution is -2.48. The first-order valence-electron chi connectivity index (χ1n) is 11.8. The number of oxime groups is 1. The Labute approximate surface area is 208 Å². The monoisotopic (exact) mass is 526 g/mol.